The first-order valence-electron chi connectivity index (χ1n) is 5.46. The van der Waals surface area contributed by atoms with E-state index in [2.05, 4.69) is 4.72 Å². The molecular formula is C12H18FNOS. The number of halogens is 1. The predicted molar refractivity (Wildman–Crippen MR) is 65.8 cm³/mol. The van der Waals surface area contributed by atoms with Gasteiger partial charge in [0, 0.05) is 11.3 Å². The zero-order chi connectivity index (χ0) is 12.1. The lowest BCUT2D eigenvalue weighted by Crippen LogP contribution is -2.28. The van der Waals surface area contributed by atoms with E-state index in [1.165, 1.54) is 12.1 Å². The van der Waals surface area contributed by atoms with E-state index in [0.29, 0.717) is 0 Å². The summed E-state index contributed by atoms with van der Waals surface area (Å²) >= 11 is 0. The van der Waals surface area contributed by atoms with Crippen molar-refractivity contribution in [3.8, 4) is 0 Å². The lowest BCUT2D eigenvalue weighted by Gasteiger charge is -2.16. The summed E-state index contributed by atoms with van der Waals surface area (Å²) in [6, 6.07) is 6.22. The average Bonchev–Trinajstić information content (AvgIpc) is 2.28. The smallest absolute Gasteiger partial charge is 0.123 e. The highest BCUT2D eigenvalue weighted by Gasteiger charge is 2.13. The summed E-state index contributed by atoms with van der Waals surface area (Å²) in [4.78, 5) is 0. The van der Waals surface area contributed by atoms with Crippen LogP contribution in [0.4, 0.5) is 4.39 Å². The van der Waals surface area contributed by atoms with Gasteiger partial charge in [0.25, 0.3) is 0 Å². The van der Waals surface area contributed by atoms with Gasteiger partial charge in [0.2, 0.25) is 0 Å². The van der Waals surface area contributed by atoms with Gasteiger partial charge in [-0.15, -0.1) is 0 Å². The van der Waals surface area contributed by atoms with Crippen molar-refractivity contribution in [2.75, 3.05) is 0 Å². The number of benzene rings is 1. The second-order valence-corrected chi connectivity index (χ2v) is 5.54. The number of hydrogen-bond donors (Lipinski definition) is 1. The van der Waals surface area contributed by atoms with Crippen molar-refractivity contribution in [3.05, 3.63) is 35.6 Å². The van der Waals surface area contributed by atoms with Crippen LogP contribution in [0.15, 0.2) is 24.3 Å². The molecule has 0 aromatic heterocycles. The van der Waals surface area contributed by atoms with Crippen LogP contribution in [-0.2, 0) is 11.0 Å². The molecular weight excluding hydrogens is 225 g/mol. The lowest BCUT2D eigenvalue weighted by molar-refractivity contribution is 0.621. The summed E-state index contributed by atoms with van der Waals surface area (Å²) in [6.07, 6.45) is 0.871. The Morgan fingerprint density at radius 1 is 1.31 bits per heavy atom. The fraction of sp³-hybridized carbons (Fsp3) is 0.500. The molecule has 2 nitrogen and oxygen atoms in total. The van der Waals surface area contributed by atoms with Gasteiger partial charge in [-0.05, 0) is 38.0 Å². The Bertz CT molecular complexity index is 353. The first kappa shape index (κ1) is 13.3. The summed E-state index contributed by atoms with van der Waals surface area (Å²) in [5.41, 5.74) is 0.943. The molecule has 0 aliphatic heterocycles. The van der Waals surface area contributed by atoms with Gasteiger partial charge in [-0.3, -0.25) is 0 Å². The van der Waals surface area contributed by atoms with Crippen LogP contribution in [0.5, 0.6) is 0 Å². The van der Waals surface area contributed by atoms with E-state index in [9.17, 15) is 8.60 Å². The topological polar surface area (TPSA) is 29.1 Å². The first-order chi connectivity index (χ1) is 7.54. The normalized spacial score (nSPS) is 16.8. The Labute approximate surface area is 98.8 Å². The number of hydrogen-bond acceptors (Lipinski definition) is 1. The minimum atomic E-state index is -1.04. The molecule has 3 atom stereocenters. The monoisotopic (exact) mass is 243 g/mol. The molecule has 0 radical (unpaired) electrons. The SMILES string of the molecule is CCC(C)S(=O)N[C@H](C)c1ccc(F)cc1. The van der Waals surface area contributed by atoms with Gasteiger partial charge < -0.3 is 0 Å². The van der Waals surface area contributed by atoms with E-state index >= 15 is 0 Å². The van der Waals surface area contributed by atoms with Gasteiger partial charge in [0.1, 0.15) is 5.82 Å². The van der Waals surface area contributed by atoms with Crippen LogP contribution in [0.2, 0.25) is 0 Å². The van der Waals surface area contributed by atoms with Crippen LogP contribution in [0.1, 0.15) is 38.8 Å². The van der Waals surface area contributed by atoms with Crippen LogP contribution in [0, 0.1) is 5.82 Å². The highest BCUT2D eigenvalue weighted by molar-refractivity contribution is 7.83. The van der Waals surface area contributed by atoms with E-state index in [1.54, 1.807) is 12.1 Å². The molecule has 0 spiro atoms. The summed E-state index contributed by atoms with van der Waals surface area (Å²) in [7, 11) is -1.04. The molecule has 0 fully saturated rings. The Kier molecular flexibility index (Phi) is 5.09. The third kappa shape index (κ3) is 3.68. The van der Waals surface area contributed by atoms with Crippen LogP contribution < -0.4 is 4.72 Å². The fourth-order valence-electron chi connectivity index (χ4n) is 1.26. The molecule has 1 N–H and O–H groups in total. The average molecular weight is 243 g/mol. The molecule has 16 heavy (non-hydrogen) atoms. The maximum absolute atomic E-state index is 12.7. The van der Waals surface area contributed by atoms with Crippen molar-refractivity contribution >= 4 is 11.0 Å². The maximum Gasteiger partial charge on any atom is 0.123 e. The summed E-state index contributed by atoms with van der Waals surface area (Å²) in [5.74, 6) is -0.251. The molecule has 0 saturated carbocycles. The third-order valence-corrected chi connectivity index (χ3v) is 4.25. The highest BCUT2D eigenvalue weighted by Crippen LogP contribution is 2.14. The standard InChI is InChI=1S/C12H18FNOS/c1-4-9(2)16(15)14-10(3)11-5-7-12(13)8-6-11/h5-10,14H,4H2,1-3H3/t9?,10-,16?/m1/s1. The number of nitrogens with one attached hydrogen (secondary N) is 1. The Balaban J connectivity index is 2.62. The number of rotatable bonds is 5. The van der Waals surface area contributed by atoms with Crippen molar-refractivity contribution in [3.63, 3.8) is 0 Å². The molecule has 0 saturated heterocycles. The quantitative estimate of drug-likeness (QED) is 0.846. The van der Waals surface area contributed by atoms with E-state index in [4.69, 9.17) is 0 Å². The molecule has 0 amide bonds. The Hall–Kier alpha value is -0.740. The van der Waals surface area contributed by atoms with Gasteiger partial charge in [-0.25, -0.2) is 13.3 Å². The summed E-state index contributed by atoms with van der Waals surface area (Å²) in [5, 5.41) is 0.128. The molecule has 0 heterocycles. The van der Waals surface area contributed by atoms with Crippen LogP contribution in [0.3, 0.4) is 0 Å². The molecule has 1 rings (SSSR count). The molecule has 1 aromatic rings. The molecule has 2 unspecified atom stereocenters. The van der Waals surface area contributed by atoms with Crippen LogP contribution >= 0.6 is 0 Å². The second-order valence-electron chi connectivity index (χ2n) is 3.91. The fourth-order valence-corrected chi connectivity index (χ4v) is 2.28. The van der Waals surface area contributed by atoms with Gasteiger partial charge in [-0.2, -0.15) is 0 Å². The summed E-state index contributed by atoms with van der Waals surface area (Å²) in [6.45, 7) is 5.88. The molecule has 0 aliphatic rings. The third-order valence-electron chi connectivity index (χ3n) is 2.60. The molecule has 4 heteroatoms. The zero-order valence-electron chi connectivity index (χ0n) is 9.87. The highest BCUT2D eigenvalue weighted by atomic mass is 32.2. The van der Waals surface area contributed by atoms with Gasteiger partial charge >= 0.3 is 0 Å². The molecule has 0 aliphatic carbocycles. The minimum Gasteiger partial charge on any atom is -0.243 e. The first-order valence-corrected chi connectivity index (χ1v) is 6.68. The van der Waals surface area contributed by atoms with Gasteiger partial charge in [-0.1, -0.05) is 19.1 Å². The van der Waals surface area contributed by atoms with Crippen molar-refractivity contribution in [1.82, 2.24) is 4.72 Å². The zero-order valence-corrected chi connectivity index (χ0v) is 10.7. The van der Waals surface area contributed by atoms with E-state index in [-0.39, 0.29) is 17.1 Å². The van der Waals surface area contributed by atoms with Crippen LogP contribution in [-0.4, -0.2) is 9.46 Å². The van der Waals surface area contributed by atoms with Gasteiger partial charge in [0.05, 0.1) is 11.0 Å². The Morgan fingerprint density at radius 3 is 2.38 bits per heavy atom. The molecule has 0 bridgehead atoms. The van der Waals surface area contributed by atoms with Crippen molar-refractivity contribution < 1.29 is 8.60 Å². The van der Waals surface area contributed by atoms with E-state index in [1.807, 2.05) is 20.8 Å². The Morgan fingerprint density at radius 2 is 1.88 bits per heavy atom. The van der Waals surface area contributed by atoms with E-state index < -0.39 is 11.0 Å². The molecule has 1 aromatic carbocycles. The molecule has 90 valence electrons. The largest absolute Gasteiger partial charge is 0.243 e. The minimum absolute atomic E-state index is 0.0320. The van der Waals surface area contributed by atoms with Crippen molar-refractivity contribution in [2.45, 2.75) is 38.5 Å². The lowest BCUT2D eigenvalue weighted by atomic mass is 10.1. The van der Waals surface area contributed by atoms with Crippen LogP contribution in [0.25, 0.3) is 0 Å². The van der Waals surface area contributed by atoms with Crippen molar-refractivity contribution in [2.24, 2.45) is 0 Å². The second kappa shape index (κ2) is 6.11. The predicted octanol–water partition coefficient (Wildman–Crippen LogP) is 2.94. The van der Waals surface area contributed by atoms with Gasteiger partial charge in [0.15, 0.2) is 0 Å². The summed E-state index contributed by atoms with van der Waals surface area (Å²) < 4.78 is 27.5. The van der Waals surface area contributed by atoms with E-state index in [0.717, 1.165) is 12.0 Å². The van der Waals surface area contributed by atoms with Crippen molar-refractivity contribution in [1.29, 1.82) is 0 Å². The maximum atomic E-state index is 12.7.